The SMILES string of the molecule is Cc1coc(SCCC=C(F)F)n1. The van der Waals surface area contributed by atoms with Crippen molar-refractivity contribution in [1.29, 1.82) is 0 Å². The molecule has 0 atom stereocenters. The average molecular weight is 205 g/mol. The molecule has 1 heterocycles. The highest BCUT2D eigenvalue weighted by atomic mass is 32.2. The van der Waals surface area contributed by atoms with Crippen molar-refractivity contribution in [2.75, 3.05) is 5.75 Å². The first kappa shape index (κ1) is 10.2. The molecule has 0 aliphatic carbocycles. The number of halogens is 2. The Bertz CT molecular complexity index is 294. The summed E-state index contributed by atoms with van der Waals surface area (Å²) >= 11 is 1.33. The van der Waals surface area contributed by atoms with E-state index in [9.17, 15) is 8.78 Å². The summed E-state index contributed by atoms with van der Waals surface area (Å²) in [5.74, 6) is 0.553. The van der Waals surface area contributed by atoms with Crippen LogP contribution in [0.15, 0.2) is 28.1 Å². The molecule has 5 heteroatoms. The molecule has 0 aromatic carbocycles. The zero-order valence-electron chi connectivity index (χ0n) is 7.09. The molecule has 0 bridgehead atoms. The minimum absolute atomic E-state index is 0.328. The van der Waals surface area contributed by atoms with Gasteiger partial charge >= 0.3 is 0 Å². The van der Waals surface area contributed by atoms with Crippen molar-refractivity contribution in [2.24, 2.45) is 0 Å². The molecule has 13 heavy (non-hydrogen) atoms. The zero-order chi connectivity index (χ0) is 9.68. The summed E-state index contributed by atoms with van der Waals surface area (Å²) < 4.78 is 28.2. The van der Waals surface area contributed by atoms with Gasteiger partial charge < -0.3 is 4.42 Å². The maximum atomic E-state index is 11.6. The van der Waals surface area contributed by atoms with Crippen LogP contribution in [0.3, 0.4) is 0 Å². The van der Waals surface area contributed by atoms with Gasteiger partial charge in [-0.25, -0.2) is 4.98 Å². The molecule has 1 aromatic rings. The third-order valence-electron chi connectivity index (χ3n) is 1.24. The van der Waals surface area contributed by atoms with Crippen LogP contribution >= 0.6 is 11.8 Å². The molecule has 0 fully saturated rings. The van der Waals surface area contributed by atoms with Crippen molar-refractivity contribution in [3.05, 3.63) is 24.1 Å². The fourth-order valence-electron chi connectivity index (χ4n) is 0.713. The van der Waals surface area contributed by atoms with Crippen LogP contribution in [0.2, 0.25) is 0 Å². The summed E-state index contributed by atoms with van der Waals surface area (Å²) in [6.07, 6.45) is 1.12. The van der Waals surface area contributed by atoms with Crippen LogP contribution in [-0.2, 0) is 0 Å². The van der Waals surface area contributed by atoms with Crippen molar-refractivity contribution in [1.82, 2.24) is 4.98 Å². The Morgan fingerprint density at radius 2 is 2.46 bits per heavy atom. The highest BCUT2D eigenvalue weighted by Crippen LogP contribution is 2.18. The first-order chi connectivity index (χ1) is 6.18. The van der Waals surface area contributed by atoms with Gasteiger partial charge in [-0.1, -0.05) is 11.8 Å². The Kier molecular flexibility index (Phi) is 3.95. The molecular formula is C8H9F2NOS. The van der Waals surface area contributed by atoms with E-state index in [0.717, 1.165) is 11.8 Å². The molecule has 0 saturated carbocycles. The van der Waals surface area contributed by atoms with E-state index < -0.39 is 6.08 Å². The molecule has 0 amide bonds. The van der Waals surface area contributed by atoms with Crippen molar-refractivity contribution in [3.63, 3.8) is 0 Å². The number of allylic oxidation sites excluding steroid dienone is 1. The van der Waals surface area contributed by atoms with Crippen LogP contribution in [0.5, 0.6) is 0 Å². The lowest BCUT2D eigenvalue weighted by molar-refractivity contribution is 0.418. The van der Waals surface area contributed by atoms with Gasteiger partial charge in [-0.2, -0.15) is 8.78 Å². The maximum absolute atomic E-state index is 11.6. The Hall–Kier alpha value is -0.840. The standard InChI is InChI=1S/C8H9F2NOS/c1-6-5-12-8(11-6)13-4-2-3-7(9)10/h3,5H,2,4H2,1H3. The minimum Gasteiger partial charge on any atom is -0.440 e. The Morgan fingerprint density at radius 3 is 3.00 bits per heavy atom. The average Bonchev–Trinajstić information content (AvgIpc) is 2.45. The molecule has 0 spiro atoms. The number of aryl methyl sites for hydroxylation is 1. The van der Waals surface area contributed by atoms with Crippen molar-refractivity contribution >= 4 is 11.8 Å². The molecule has 1 aromatic heterocycles. The Labute approximate surface area is 79.0 Å². The summed E-state index contributed by atoms with van der Waals surface area (Å²) in [6, 6.07) is 0. The zero-order valence-corrected chi connectivity index (χ0v) is 7.91. The van der Waals surface area contributed by atoms with Gasteiger partial charge in [0.25, 0.3) is 11.3 Å². The van der Waals surface area contributed by atoms with Crippen molar-refractivity contribution in [3.8, 4) is 0 Å². The lowest BCUT2D eigenvalue weighted by atomic mass is 10.5. The number of thioether (sulfide) groups is 1. The van der Waals surface area contributed by atoms with Crippen LogP contribution in [0.1, 0.15) is 12.1 Å². The van der Waals surface area contributed by atoms with Gasteiger partial charge in [0.1, 0.15) is 6.26 Å². The lowest BCUT2D eigenvalue weighted by Gasteiger charge is -1.90. The fraction of sp³-hybridized carbons (Fsp3) is 0.375. The van der Waals surface area contributed by atoms with E-state index in [1.807, 2.05) is 6.92 Å². The van der Waals surface area contributed by atoms with Crippen LogP contribution < -0.4 is 0 Å². The third-order valence-corrected chi connectivity index (χ3v) is 2.11. The predicted octanol–water partition coefficient (Wildman–Crippen LogP) is 3.25. The van der Waals surface area contributed by atoms with Gasteiger partial charge in [-0.3, -0.25) is 0 Å². The molecule has 0 unspecified atom stereocenters. The molecule has 72 valence electrons. The smallest absolute Gasteiger partial charge is 0.266 e. The topological polar surface area (TPSA) is 26.0 Å². The summed E-state index contributed by atoms with van der Waals surface area (Å²) in [4.78, 5) is 4.02. The van der Waals surface area contributed by atoms with Crippen LogP contribution in [0, 0.1) is 6.92 Å². The predicted molar refractivity (Wildman–Crippen MR) is 46.9 cm³/mol. The van der Waals surface area contributed by atoms with Gasteiger partial charge in [0.2, 0.25) is 0 Å². The summed E-state index contributed by atoms with van der Waals surface area (Å²) in [6.45, 7) is 1.81. The van der Waals surface area contributed by atoms with Crippen LogP contribution in [0.4, 0.5) is 8.78 Å². The van der Waals surface area contributed by atoms with E-state index in [1.54, 1.807) is 0 Å². The lowest BCUT2D eigenvalue weighted by Crippen LogP contribution is -1.77. The second-order valence-electron chi connectivity index (χ2n) is 2.39. The van der Waals surface area contributed by atoms with Crippen LogP contribution in [-0.4, -0.2) is 10.7 Å². The minimum atomic E-state index is -1.64. The molecular weight excluding hydrogens is 196 g/mol. The molecule has 1 rings (SSSR count). The molecule has 0 saturated heterocycles. The van der Waals surface area contributed by atoms with E-state index in [-0.39, 0.29) is 0 Å². The van der Waals surface area contributed by atoms with Gasteiger partial charge in [0.15, 0.2) is 0 Å². The van der Waals surface area contributed by atoms with E-state index in [1.165, 1.54) is 18.0 Å². The van der Waals surface area contributed by atoms with Crippen molar-refractivity contribution in [2.45, 2.75) is 18.6 Å². The number of nitrogens with zero attached hydrogens (tertiary/aromatic N) is 1. The van der Waals surface area contributed by atoms with E-state index in [2.05, 4.69) is 4.98 Å². The molecule has 0 radical (unpaired) electrons. The number of rotatable bonds is 4. The number of aromatic nitrogens is 1. The maximum Gasteiger partial charge on any atom is 0.266 e. The second-order valence-corrected chi connectivity index (χ2v) is 3.43. The van der Waals surface area contributed by atoms with E-state index in [0.29, 0.717) is 17.4 Å². The van der Waals surface area contributed by atoms with Gasteiger partial charge in [-0.05, 0) is 19.4 Å². The highest BCUT2D eigenvalue weighted by Gasteiger charge is 1.99. The molecule has 2 nitrogen and oxygen atoms in total. The van der Waals surface area contributed by atoms with Crippen LogP contribution in [0.25, 0.3) is 0 Å². The first-order valence-electron chi connectivity index (χ1n) is 3.74. The first-order valence-corrected chi connectivity index (χ1v) is 4.73. The summed E-state index contributed by atoms with van der Waals surface area (Å²) in [5.41, 5.74) is 0.801. The van der Waals surface area contributed by atoms with Gasteiger partial charge in [0, 0.05) is 5.75 Å². The molecule has 0 N–H and O–H groups in total. The highest BCUT2D eigenvalue weighted by molar-refractivity contribution is 7.99. The monoisotopic (exact) mass is 205 g/mol. The Balaban J connectivity index is 2.24. The molecule has 0 aliphatic rings. The number of hydrogen-bond acceptors (Lipinski definition) is 3. The van der Waals surface area contributed by atoms with Gasteiger partial charge in [-0.15, -0.1) is 0 Å². The second kappa shape index (κ2) is 5.01. The number of oxazole rings is 1. The van der Waals surface area contributed by atoms with E-state index in [4.69, 9.17) is 4.42 Å². The quantitative estimate of drug-likeness (QED) is 0.557. The number of hydrogen-bond donors (Lipinski definition) is 0. The fourth-order valence-corrected chi connectivity index (χ4v) is 1.45. The molecule has 0 aliphatic heterocycles. The van der Waals surface area contributed by atoms with Crippen molar-refractivity contribution < 1.29 is 13.2 Å². The third kappa shape index (κ3) is 4.07. The Morgan fingerprint density at radius 1 is 1.69 bits per heavy atom. The largest absolute Gasteiger partial charge is 0.440 e. The van der Waals surface area contributed by atoms with E-state index >= 15 is 0 Å². The summed E-state index contributed by atoms with van der Waals surface area (Å²) in [7, 11) is 0. The van der Waals surface area contributed by atoms with Gasteiger partial charge in [0.05, 0.1) is 5.69 Å². The summed E-state index contributed by atoms with van der Waals surface area (Å²) in [5, 5.41) is 0.533. The normalized spacial score (nSPS) is 10.1.